The van der Waals surface area contributed by atoms with Crippen LogP contribution in [-0.4, -0.2) is 57.0 Å². The van der Waals surface area contributed by atoms with E-state index in [-0.39, 0.29) is 5.91 Å². The molecule has 8 heteroatoms. The van der Waals surface area contributed by atoms with Crippen molar-refractivity contribution in [2.24, 2.45) is 0 Å². The molecule has 1 amide bonds. The van der Waals surface area contributed by atoms with Crippen molar-refractivity contribution in [1.82, 2.24) is 24.9 Å². The molecule has 0 atom stereocenters. The van der Waals surface area contributed by atoms with Gasteiger partial charge in [-0.1, -0.05) is 0 Å². The van der Waals surface area contributed by atoms with Crippen molar-refractivity contribution >= 4 is 11.7 Å². The van der Waals surface area contributed by atoms with E-state index in [1.165, 1.54) is 12.5 Å². The molecule has 1 aliphatic rings. The molecule has 0 saturated carbocycles. The number of hydrogen-bond donors (Lipinski definition) is 0. The summed E-state index contributed by atoms with van der Waals surface area (Å²) in [5.41, 5.74) is 0.590. The summed E-state index contributed by atoms with van der Waals surface area (Å²) < 4.78 is 6.64. The van der Waals surface area contributed by atoms with E-state index in [9.17, 15) is 4.79 Å². The number of rotatable bonds is 3. The van der Waals surface area contributed by atoms with Crippen LogP contribution in [0.2, 0.25) is 0 Å². The van der Waals surface area contributed by atoms with Crippen LogP contribution in [0.25, 0.3) is 5.82 Å². The van der Waals surface area contributed by atoms with Crippen molar-refractivity contribution < 1.29 is 9.21 Å². The van der Waals surface area contributed by atoms with Crippen molar-refractivity contribution in [3.63, 3.8) is 0 Å². The van der Waals surface area contributed by atoms with Gasteiger partial charge in [0.25, 0.3) is 5.91 Å². The predicted octanol–water partition coefficient (Wildman–Crippen LogP) is 1.22. The van der Waals surface area contributed by atoms with Gasteiger partial charge in [0.05, 0.1) is 11.8 Å². The van der Waals surface area contributed by atoms with Crippen LogP contribution in [-0.2, 0) is 0 Å². The van der Waals surface area contributed by atoms with E-state index < -0.39 is 0 Å². The minimum absolute atomic E-state index is 0.00325. The van der Waals surface area contributed by atoms with Crippen LogP contribution in [0.1, 0.15) is 10.4 Å². The molecular weight excluding hydrogens is 308 g/mol. The van der Waals surface area contributed by atoms with E-state index in [1.54, 1.807) is 16.9 Å². The minimum Gasteiger partial charge on any atom is -0.472 e. The highest BCUT2D eigenvalue weighted by molar-refractivity contribution is 5.94. The molecule has 0 spiro atoms. The van der Waals surface area contributed by atoms with Crippen LogP contribution in [0.15, 0.2) is 53.6 Å². The van der Waals surface area contributed by atoms with Gasteiger partial charge in [-0.3, -0.25) is 4.79 Å². The van der Waals surface area contributed by atoms with Crippen LogP contribution in [0.4, 0.5) is 5.82 Å². The number of anilines is 1. The van der Waals surface area contributed by atoms with Gasteiger partial charge in [-0.2, -0.15) is 5.10 Å². The Morgan fingerprint density at radius 3 is 2.46 bits per heavy atom. The van der Waals surface area contributed by atoms with Crippen LogP contribution < -0.4 is 4.90 Å². The van der Waals surface area contributed by atoms with E-state index in [0.717, 1.165) is 18.9 Å². The van der Waals surface area contributed by atoms with Gasteiger partial charge in [-0.05, 0) is 24.3 Å². The van der Waals surface area contributed by atoms with Gasteiger partial charge in [0, 0.05) is 38.6 Å². The van der Waals surface area contributed by atoms with Crippen molar-refractivity contribution in [3.05, 3.63) is 54.7 Å². The van der Waals surface area contributed by atoms with Crippen LogP contribution >= 0.6 is 0 Å². The zero-order valence-corrected chi connectivity index (χ0v) is 12.9. The molecular formula is C16H16N6O2. The number of aromatic nitrogens is 4. The number of furan rings is 1. The maximum Gasteiger partial charge on any atom is 0.257 e. The second kappa shape index (κ2) is 6.15. The van der Waals surface area contributed by atoms with Gasteiger partial charge in [-0.15, -0.1) is 10.2 Å². The number of carbonyl (C=O) groups is 1. The van der Waals surface area contributed by atoms with Gasteiger partial charge in [-0.25, -0.2) is 4.68 Å². The van der Waals surface area contributed by atoms with Gasteiger partial charge in [0.2, 0.25) is 0 Å². The van der Waals surface area contributed by atoms with Gasteiger partial charge >= 0.3 is 0 Å². The Morgan fingerprint density at radius 2 is 1.83 bits per heavy atom. The first kappa shape index (κ1) is 14.4. The third-order valence-electron chi connectivity index (χ3n) is 4.03. The number of carbonyl (C=O) groups excluding carboxylic acids is 1. The predicted molar refractivity (Wildman–Crippen MR) is 86.0 cm³/mol. The molecule has 1 aliphatic heterocycles. The molecule has 0 aliphatic carbocycles. The molecule has 122 valence electrons. The zero-order valence-electron chi connectivity index (χ0n) is 12.9. The van der Waals surface area contributed by atoms with Gasteiger partial charge in [0.15, 0.2) is 11.6 Å². The molecule has 0 unspecified atom stereocenters. The summed E-state index contributed by atoms with van der Waals surface area (Å²) in [4.78, 5) is 16.2. The fourth-order valence-electron chi connectivity index (χ4n) is 2.72. The molecule has 1 saturated heterocycles. The first-order valence-corrected chi connectivity index (χ1v) is 7.71. The Morgan fingerprint density at radius 1 is 1.04 bits per heavy atom. The average Bonchev–Trinajstić information content (AvgIpc) is 3.35. The normalized spacial score (nSPS) is 14.8. The monoisotopic (exact) mass is 324 g/mol. The van der Waals surface area contributed by atoms with Crippen LogP contribution in [0, 0.1) is 0 Å². The average molecular weight is 324 g/mol. The summed E-state index contributed by atoms with van der Waals surface area (Å²) in [6, 6.07) is 7.34. The molecule has 24 heavy (non-hydrogen) atoms. The summed E-state index contributed by atoms with van der Waals surface area (Å²) >= 11 is 0. The van der Waals surface area contributed by atoms with E-state index in [1.807, 2.05) is 29.3 Å². The first-order chi connectivity index (χ1) is 11.8. The zero-order chi connectivity index (χ0) is 16.4. The number of amides is 1. The van der Waals surface area contributed by atoms with Crippen LogP contribution in [0.5, 0.6) is 0 Å². The highest BCUT2D eigenvalue weighted by Gasteiger charge is 2.23. The lowest BCUT2D eigenvalue weighted by Gasteiger charge is -2.35. The molecule has 8 nitrogen and oxygen atoms in total. The summed E-state index contributed by atoms with van der Waals surface area (Å²) in [7, 11) is 0. The van der Waals surface area contributed by atoms with E-state index >= 15 is 0 Å². The maximum atomic E-state index is 12.3. The molecule has 3 aromatic rings. The Bertz CT molecular complexity index is 790. The highest BCUT2D eigenvalue weighted by Crippen LogP contribution is 2.15. The second-order valence-corrected chi connectivity index (χ2v) is 5.49. The smallest absolute Gasteiger partial charge is 0.257 e. The Labute approximate surface area is 138 Å². The first-order valence-electron chi connectivity index (χ1n) is 7.71. The molecule has 1 fully saturated rings. The second-order valence-electron chi connectivity index (χ2n) is 5.49. The minimum atomic E-state index is 0.00325. The lowest BCUT2D eigenvalue weighted by atomic mass is 10.2. The molecule has 4 heterocycles. The lowest BCUT2D eigenvalue weighted by molar-refractivity contribution is 0.0746. The van der Waals surface area contributed by atoms with Crippen molar-refractivity contribution in [3.8, 4) is 5.82 Å². The third-order valence-corrected chi connectivity index (χ3v) is 4.03. The lowest BCUT2D eigenvalue weighted by Crippen LogP contribution is -2.49. The van der Waals surface area contributed by atoms with E-state index in [0.29, 0.717) is 24.5 Å². The van der Waals surface area contributed by atoms with Crippen LogP contribution in [0.3, 0.4) is 0 Å². The van der Waals surface area contributed by atoms with Crippen molar-refractivity contribution in [1.29, 1.82) is 0 Å². The molecule has 0 radical (unpaired) electrons. The molecule has 3 aromatic heterocycles. The topological polar surface area (TPSA) is 80.3 Å². The highest BCUT2D eigenvalue weighted by atomic mass is 16.3. The summed E-state index contributed by atoms with van der Waals surface area (Å²) in [6.07, 6.45) is 6.52. The summed E-state index contributed by atoms with van der Waals surface area (Å²) in [5.74, 6) is 1.49. The molecule has 0 N–H and O–H groups in total. The fraction of sp³-hybridized carbons (Fsp3) is 0.250. The quantitative estimate of drug-likeness (QED) is 0.720. The largest absolute Gasteiger partial charge is 0.472 e. The Balaban J connectivity index is 1.40. The van der Waals surface area contributed by atoms with E-state index in [2.05, 4.69) is 20.2 Å². The van der Waals surface area contributed by atoms with Gasteiger partial charge in [0.1, 0.15) is 6.26 Å². The Hall–Kier alpha value is -3.16. The standard InChI is InChI=1S/C16H16N6O2/c23-16(13-4-11-24-12-13)21-9-7-20(8-10-21)14-2-3-15(19-18-14)22-6-1-5-17-22/h1-6,11-12H,7-10H2. The van der Waals surface area contributed by atoms with E-state index in [4.69, 9.17) is 4.42 Å². The summed E-state index contributed by atoms with van der Waals surface area (Å²) in [6.45, 7) is 2.73. The fourth-order valence-corrected chi connectivity index (χ4v) is 2.72. The summed E-state index contributed by atoms with van der Waals surface area (Å²) in [5, 5.41) is 12.6. The Kier molecular flexibility index (Phi) is 3.70. The molecule has 0 aromatic carbocycles. The number of piperazine rings is 1. The third kappa shape index (κ3) is 2.73. The SMILES string of the molecule is O=C(c1ccoc1)N1CCN(c2ccc(-n3cccn3)nn2)CC1. The molecule has 0 bridgehead atoms. The number of nitrogens with zero attached hydrogens (tertiary/aromatic N) is 6. The number of hydrogen-bond acceptors (Lipinski definition) is 6. The van der Waals surface area contributed by atoms with Crippen molar-refractivity contribution in [2.75, 3.05) is 31.1 Å². The maximum absolute atomic E-state index is 12.3. The molecule has 4 rings (SSSR count). The van der Waals surface area contributed by atoms with Crippen molar-refractivity contribution in [2.45, 2.75) is 0 Å². The van der Waals surface area contributed by atoms with Gasteiger partial charge < -0.3 is 14.2 Å².